The molecule has 1 aromatic rings. The summed E-state index contributed by atoms with van der Waals surface area (Å²) >= 11 is 3.07. The maximum Gasteiger partial charge on any atom is 0.413 e. The van der Waals surface area contributed by atoms with Crippen LogP contribution in [0.3, 0.4) is 0 Å². The molecule has 10 nitrogen and oxygen atoms in total. The Morgan fingerprint density at radius 1 is 1.54 bits per heavy atom. The molecular weight excluding hydrogens is 410 g/mol. The standard InChI is InChI=1S/C15H22BrN5O5/c1-7-5-9(8(2)18-15(7,3)4)17-12-11(16)14(24)20(6-10(22)23)19-13(12)21(25)26/h7-9,17-18H,5-6H2,1-4H3,(H,22,23)/t7-,8?,9+/m0/s1. The van der Waals surface area contributed by atoms with E-state index in [4.69, 9.17) is 5.11 Å². The lowest BCUT2D eigenvalue weighted by atomic mass is 9.77. The van der Waals surface area contributed by atoms with Gasteiger partial charge in [0.2, 0.25) is 0 Å². The van der Waals surface area contributed by atoms with Crippen molar-refractivity contribution in [2.75, 3.05) is 5.32 Å². The fraction of sp³-hybridized carbons (Fsp3) is 0.667. The lowest BCUT2D eigenvalue weighted by molar-refractivity contribution is -0.389. The number of carbonyl (C=O) groups is 1. The predicted molar refractivity (Wildman–Crippen MR) is 98.4 cm³/mol. The van der Waals surface area contributed by atoms with Gasteiger partial charge in [0.05, 0.1) is 5.10 Å². The maximum absolute atomic E-state index is 12.3. The topological polar surface area (TPSA) is 139 Å². The fourth-order valence-corrected chi connectivity index (χ4v) is 3.59. The summed E-state index contributed by atoms with van der Waals surface area (Å²) in [5, 5.41) is 30.4. The number of anilines is 1. The molecule has 1 aliphatic rings. The molecule has 0 aromatic carbocycles. The van der Waals surface area contributed by atoms with E-state index in [0.717, 1.165) is 6.42 Å². The number of nitrogens with zero attached hydrogens (tertiary/aromatic N) is 3. The highest BCUT2D eigenvalue weighted by Crippen LogP contribution is 2.33. The number of aliphatic carboxylic acids is 1. The van der Waals surface area contributed by atoms with Crippen molar-refractivity contribution in [2.24, 2.45) is 5.92 Å². The number of nitro groups is 1. The average molecular weight is 432 g/mol. The third kappa shape index (κ3) is 4.04. The summed E-state index contributed by atoms with van der Waals surface area (Å²) in [6.45, 7) is 7.48. The molecular formula is C15H22BrN5O5. The van der Waals surface area contributed by atoms with E-state index in [1.165, 1.54) is 0 Å². The first-order valence-electron chi connectivity index (χ1n) is 8.15. The smallest absolute Gasteiger partial charge is 0.413 e. The van der Waals surface area contributed by atoms with E-state index in [2.05, 4.69) is 52.4 Å². The number of hydrogen-bond acceptors (Lipinski definition) is 7. The van der Waals surface area contributed by atoms with Gasteiger partial charge >= 0.3 is 17.3 Å². The van der Waals surface area contributed by atoms with Gasteiger partial charge in [-0.05, 0) is 54.0 Å². The molecule has 0 amide bonds. The van der Waals surface area contributed by atoms with Gasteiger partial charge in [0.25, 0.3) is 0 Å². The highest BCUT2D eigenvalue weighted by molar-refractivity contribution is 9.10. The molecule has 0 bridgehead atoms. The monoisotopic (exact) mass is 431 g/mol. The minimum Gasteiger partial charge on any atom is -0.480 e. The van der Waals surface area contributed by atoms with Gasteiger partial charge in [0.1, 0.15) is 4.47 Å². The number of carboxylic acids is 1. The van der Waals surface area contributed by atoms with Gasteiger partial charge < -0.3 is 25.9 Å². The van der Waals surface area contributed by atoms with Crippen LogP contribution in [-0.2, 0) is 11.3 Å². The van der Waals surface area contributed by atoms with Gasteiger partial charge in [-0.2, -0.15) is 0 Å². The van der Waals surface area contributed by atoms with Crippen molar-refractivity contribution in [1.29, 1.82) is 0 Å². The summed E-state index contributed by atoms with van der Waals surface area (Å²) in [6.07, 6.45) is 0.739. The molecule has 1 fully saturated rings. The SMILES string of the molecule is CC1NC(C)(C)[C@@H](C)C[C@H]1Nc1c([N+](=O)[O-])nn(CC(=O)O)c(=O)c1Br. The summed E-state index contributed by atoms with van der Waals surface area (Å²) < 4.78 is 0.453. The number of rotatable bonds is 5. The lowest BCUT2D eigenvalue weighted by Gasteiger charge is -2.46. The van der Waals surface area contributed by atoms with Crippen LogP contribution in [0.1, 0.15) is 34.1 Å². The lowest BCUT2D eigenvalue weighted by Crippen LogP contribution is -2.60. The summed E-state index contributed by atoms with van der Waals surface area (Å²) in [5.41, 5.74) is -0.860. The van der Waals surface area contributed by atoms with Crippen LogP contribution in [0.2, 0.25) is 0 Å². The summed E-state index contributed by atoms with van der Waals surface area (Å²) in [4.78, 5) is 33.8. The Hall–Kier alpha value is -2.01. The molecule has 26 heavy (non-hydrogen) atoms. The zero-order chi connectivity index (χ0) is 19.8. The molecule has 0 aliphatic carbocycles. The van der Waals surface area contributed by atoms with Crippen molar-refractivity contribution < 1.29 is 14.8 Å². The Kier molecular flexibility index (Phi) is 5.71. The second kappa shape index (κ2) is 7.31. The van der Waals surface area contributed by atoms with Crippen LogP contribution >= 0.6 is 15.9 Å². The molecule has 1 aromatic heterocycles. The van der Waals surface area contributed by atoms with Crippen LogP contribution in [0.15, 0.2) is 9.27 Å². The zero-order valence-corrected chi connectivity index (χ0v) is 16.5. The van der Waals surface area contributed by atoms with Crippen molar-refractivity contribution in [1.82, 2.24) is 15.1 Å². The second-order valence-corrected chi connectivity index (χ2v) is 7.96. The molecule has 11 heteroatoms. The minimum atomic E-state index is -1.32. The van der Waals surface area contributed by atoms with Crippen LogP contribution in [-0.4, -0.2) is 43.4 Å². The van der Waals surface area contributed by atoms with Gasteiger partial charge in [0.15, 0.2) is 12.2 Å². The van der Waals surface area contributed by atoms with Crippen LogP contribution < -0.4 is 16.2 Å². The molecule has 0 spiro atoms. The quantitative estimate of drug-likeness (QED) is 0.471. The second-order valence-electron chi connectivity index (χ2n) is 7.17. The number of halogens is 1. The van der Waals surface area contributed by atoms with Crippen LogP contribution in [0.4, 0.5) is 11.5 Å². The van der Waals surface area contributed by atoms with E-state index >= 15 is 0 Å². The summed E-state index contributed by atoms with van der Waals surface area (Å²) in [5.74, 6) is -1.63. The molecule has 0 radical (unpaired) electrons. The van der Waals surface area contributed by atoms with Gasteiger partial charge in [-0.3, -0.25) is 9.59 Å². The number of nitrogens with one attached hydrogen (secondary N) is 2. The highest BCUT2D eigenvalue weighted by Gasteiger charge is 2.38. The van der Waals surface area contributed by atoms with E-state index in [1.54, 1.807) is 0 Å². The largest absolute Gasteiger partial charge is 0.480 e. The Labute approximate surface area is 158 Å². The highest BCUT2D eigenvalue weighted by atomic mass is 79.9. The van der Waals surface area contributed by atoms with Crippen molar-refractivity contribution in [3.63, 3.8) is 0 Å². The third-order valence-corrected chi connectivity index (χ3v) is 5.65. The van der Waals surface area contributed by atoms with Crippen molar-refractivity contribution in [2.45, 2.75) is 58.3 Å². The first kappa shape index (κ1) is 20.3. The maximum atomic E-state index is 12.3. The zero-order valence-electron chi connectivity index (χ0n) is 14.9. The molecule has 0 saturated carbocycles. The fourth-order valence-electron chi connectivity index (χ4n) is 3.10. The average Bonchev–Trinajstić information content (AvgIpc) is 2.50. The van der Waals surface area contributed by atoms with Crippen LogP contribution in [0, 0.1) is 16.0 Å². The third-order valence-electron chi connectivity index (χ3n) is 4.91. The predicted octanol–water partition coefficient (Wildman–Crippen LogP) is 1.58. The summed E-state index contributed by atoms with van der Waals surface area (Å²) in [7, 11) is 0. The minimum absolute atomic E-state index is 0.00541. The molecule has 1 unspecified atom stereocenters. The normalized spacial score (nSPS) is 24.9. The Bertz CT molecular complexity index is 793. The Morgan fingerprint density at radius 2 is 2.15 bits per heavy atom. The van der Waals surface area contributed by atoms with E-state index < -0.39 is 28.8 Å². The molecule has 2 rings (SSSR count). The molecule has 1 saturated heterocycles. The number of hydrogen-bond donors (Lipinski definition) is 3. The van der Waals surface area contributed by atoms with E-state index in [1.807, 2.05) is 6.92 Å². The summed E-state index contributed by atoms with van der Waals surface area (Å²) in [6, 6.07) is -0.168. The molecule has 3 atom stereocenters. The first-order valence-corrected chi connectivity index (χ1v) is 8.94. The molecule has 144 valence electrons. The molecule has 3 N–H and O–H groups in total. The van der Waals surface area contributed by atoms with Crippen LogP contribution in [0.25, 0.3) is 0 Å². The number of piperidine rings is 1. The number of carboxylic acid groups (broad SMARTS) is 1. The first-order chi connectivity index (χ1) is 11.9. The Morgan fingerprint density at radius 3 is 2.69 bits per heavy atom. The Balaban J connectivity index is 2.43. The number of aromatic nitrogens is 2. The molecule has 1 aliphatic heterocycles. The van der Waals surface area contributed by atoms with Gasteiger partial charge in [-0.1, -0.05) is 6.92 Å². The molecule has 2 heterocycles. The van der Waals surface area contributed by atoms with Gasteiger partial charge in [-0.25, -0.2) is 0 Å². The van der Waals surface area contributed by atoms with Gasteiger partial charge in [0, 0.05) is 17.6 Å². The van der Waals surface area contributed by atoms with E-state index in [9.17, 15) is 19.7 Å². The van der Waals surface area contributed by atoms with Crippen molar-refractivity contribution in [3.05, 3.63) is 24.9 Å². The van der Waals surface area contributed by atoms with E-state index in [0.29, 0.717) is 4.68 Å². The van der Waals surface area contributed by atoms with E-state index in [-0.39, 0.29) is 33.7 Å². The van der Waals surface area contributed by atoms with Crippen molar-refractivity contribution >= 4 is 33.4 Å². The van der Waals surface area contributed by atoms with Gasteiger partial charge in [-0.15, -0.1) is 4.68 Å². The van der Waals surface area contributed by atoms with Crippen molar-refractivity contribution in [3.8, 4) is 0 Å². The van der Waals surface area contributed by atoms with Crippen LogP contribution in [0.5, 0.6) is 0 Å².